The van der Waals surface area contributed by atoms with E-state index < -0.39 is 41.0 Å². The first kappa shape index (κ1) is 30.2. The van der Waals surface area contributed by atoms with E-state index in [-0.39, 0.29) is 37.4 Å². The summed E-state index contributed by atoms with van der Waals surface area (Å²) < 4.78 is 104. The molecule has 5 rings (SSSR count). The highest BCUT2D eigenvalue weighted by molar-refractivity contribution is 5.70. The monoisotopic (exact) mass is 590 g/mol. The Morgan fingerprint density at radius 3 is 1.93 bits per heavy atom. The summed E-state index contributed by atoms with van der Waals surface area (Å²) in [6, 6.07) is 10.8. The molecule has 224 valence electrons. The fourth-order valence-corrected chi connectivity index (χ4v) is 6.26. The van der Waals surface area contributed by atoms with Crippen LogP contribution in [-0.2, 0) is 0 Å². The molecule has 1 nitrogen and oxygen atoms in total. The zero-order valence-electron chi connectivity index (χ0n) is 23.3. The Hall–Kier alpha value is -3.29. The third-order valence-electron chi connectivity index (χ3n) is 8.85. The topological polar surface area (TPSA) is 9.23 Å². The Balaban J connectivity index is 1.19. The van der Waals surface area contributed by atoms with Crippen molar-refractivity contribution in [3.8, 4) is 5.75 Å². The van der Waals surface area contributed by atoms with Gasteiger partial charge in [0.1, 0.15) is 17.4 Å². The summed E-state index contributed by atoms with van der Waals surface area (Å²) in [6.07, 6.45) is 4.48. The van der Waals surface area contributed by atoms with Gasteiger partial charge in [0.15, 0.2) is 17.5 Å². The average Bonchev–Trinajstić information content (AvgIpc) is 2.95. The van der Waals surface area contributed by atoms with Crippen molar-refractivity contribution in [3.63, 3.8) is 0 Å². The van der Waals surface area contributed by atoms with Crippen LogP contribution in [0.3, 0.4) is 0 Å². The highest BCUT2D eigenvalue weighted by atomic mass is 19.3. The minimum Gasteiger partial charge on any atom is -0.432 e. The minimum atomic E-state index is -3.74. The van der Waals surface area contributed by atoms with Gasteiger partial charge in [0.05, 0.1) is 5.92 Å². The lowest BCUT2D eigenvalue weighted by molar-refractivity contribution is -0.222. The number of rotatable bonds is 7. The predicted octanol–water partition coefficient (Wildman–Crippen LogP) is 10.8. The second-order valence-electron chi connectivity index (χ2n) is 11.8. The fraction of sp³-hybridized carbons (Fsp3) is 0.412. The van der Waals surface area contributed by atoms with E-state index >= 15 is 4.39 Å². The summed E-state index contributed by atoms with van der Waals surface area (Å²) in [4.78, 5) is 0. The van der Waals surface area contributed by atoms with Crippen LogP contribution in [0.5, 0.6) is 5.75 Å². The molecule has 0 aromatic heterocycles. The van der Waals surface area contributed by atoms with Gasteiger partial charge in [-0.2, -0.15) is 8.78 Å². The maximum atomic E-state index is 15.1. The van der Waals surface area contributed by atoms with Crippen LogP contribution in [0, 0.1) is 40.9 Å². The zero-order chi connectivity index (χ0) is 30.0. The third kappa shape index (κ3) is 6.84. The van der Waals surface area contributed by atoms with Gasteiger partial charge < -0.3 is 4.74 Å². The van der Waals surface area contributed by atoms with Crippen LogP contribution in [0.15, 0.2) is 48.5 Å². The van der Waals surface area contributed by atoms with Crippen molar-refractivity contribution in [2.45, 2.75) is 76.2 Å². The van der Waals surface area contributed by atoms with E-state index in [1.807, 2.05) is 6.07 Å². The summed E-state index contributed by atoms with van der Waals surface area (Å²) in [6.45, 7) is 2.25. The fourth-order valence-electron chi connectivity index (χ4n) is 6.26. The third-order valence-corrected chi connectivity index (χ3v) is 8.85. The van der Waals surface area contributed by atoms with Gasteiger partial charge in [0, 0.05) is 17.7 Å². The molecular weight excluding hydrogens is 557 g/mol. The van der Waals surface area contributed by atoms with Gasteiger partial charge in [0.25, 0.3) is 0 Å². The molecular formula is C34H33F7O. The Morgan fingerprint density at radius 1 is 0.667 bits per heavy atom. The molecule has 0 saturated heterocycles. The zero-order valence-corrected chi connectivity index (χ0v) is 23.3. The quantitative estimate of drug-likeness (QED) is 0.151. The first-order chi connectivity index (χ1) is 20.0. The van der Waals surface area contributed by atoms with Crippen LogP contribution >= 0.6 is 0 Å². The van der Waals surface area contributed by atoms with Crippen LogP contribution in [0.2, 0.25) is 0 Å². The molecule has 8 heteroatoms. The Morgan fingerprint density at radius 2 is 1.31 bits per heavy atom. The molecule has 0 spiro atoms. The Bertz CT molecular complexity index is 1410. The highest BCUT2D eigenvalue weighted by Crippen LogP contribution is 2.44. The van der Waals surface area contributed by atoms with Crippen LogP contribution in [-0.4, -0.2) is 6.11 Å². The van der Waals surface area contributed by atoms with Crippen molar-refractivity contribution >= 4 is 12.2 Å². The highest BCUT2D eigenvalue weighted by Gasteiger charge is 2.44. The molecule has 2 aliphatic carbocycles. The lowest BCUT2D eigenvalue weighted by Crippen LogP contribution is -2.37. The minimum absolute atomic E-state index is 0.0000743. The van der Waals surface area contributed by atoms with Crippen molar-refractivity contribution in [1.82, 2.24) is 0 Å². The molecule has 2 fully saturated rings. The smallest absolute Gasteiger partial charge is 0.400 e. The first-order valence-corrected chi connectivity index (χ1v) is 14.5. The van der Waals surface area contributed by atoms with Gasteiger partial charge in [-0.3, -0.25) is 0 Å². The molecule has 0 radical (unpaired) electrons. The van der Waals surface area contributed by atoms with E-state index in [0.717, 1.165) is 37.2 Å². The van der Waals surface area contributed by atoms with Crippen molar-refractivity contribution in [2.24, 2.45) is 11.8 Å². The molecule has 42 heavy (non-hydrogen) atoms. The van der Waals surface area contributed by atoms with Crippen LogP contribution in [0.4, 0.5) is 30.7 Å². The van der Waals surface area contributed by atoms with Crippen LogP contribution in [0.25, 0.3) is 12.2 Å². The standard InChI is InChI=1S/C34H33F7O/c1-20-2-6-22(7-3-20)25-10-9-24(29(35)17-25)8-4-21-5-15-28(30(36)16-21)23-11-13-26(14-12-23)34(40,41)42-27-18-31(37)33(39)32(38)19-27/h4-5,8-10,15-20,22-23,26H,2-3,6-7,11-14H2,1H3/b8-4+. The number of hydrogen-bond donors (Lipinski definition) is 0. The molecule has 0 aliphatic heterocycles. The van der Waals surface area contributed by atoms with Gasteiger partial charge in [-0.15, -0.1) is 0 Å². The van der Waals surface area contributed by atoms with E-state index in [1.165, 1.54) is 6.07 Å². The molecule has 0 unspecified atom stereocenters. The summed E-state index contributed by atoms with van der Waals surface area (Å²) in [7, 11) is 0. The van der Waals surface area contributed by atoms with Crippen LogP contribution in [0.1, 0.15) is 92.4 Å². The normalized spacial score (nSPS) is 23.3. The summed E-state index contributed by atoms with van der Waals surface area (Å²) in [5.41, 5.74) is 2.40. The van der Waals surface area contributed by atoms with Gasteiger partial charge in [-0.25, -0.2) is 22.0 Å². The predicted molar refractivity (Wildman–Crippen MR) is 149 cm³/mol. The lowest BCUT2D eigenvalue weighted by Gasteiger charge is -2.33. The SMILES string of the molecule is CC1CCC(c2ccc(/C=C/c3ccc(C4CCC(C(F)(F)Oc5cc(F)c(F)c(F)c5)CC4)c(F)c3)c(F)c2)CC1. The Labute approximate surface area is 241 Å². The second kappa shape index (κ2) is 12.5. The average molecular weight is 591 g/mol. The van der Waals surface area contributed by atoms with Crippen molar-refractivity contribution in [2.75, 3.05) is 0 Å². The number of halogens is 7. The number of ether oxygens (including phenoxy) is 1. The maximum absolute atomic E-state index is 15.1. The number of benzene rings is 3. The lowest BCUT2D eigenvalue weighted by atomic mass is 9.78. The van der Waals surface area contributed by atoms with Crippen molar-refractivity contribution in [1.29, 1.82) is 0 Å². The van der Waals surface area contributed by atoms with Gasteiger partial charge in [-0.1, -0.05) is 56.2 Å². The Kier molecular flexibility index (Phi) is 9.00. The number of hydrogen-bond acceptors (Lipinski definition) is 1. The first-order valence-electron chi connectivity index (χ1n) is 14.5. The van der Waals surface area contributed by atoms with E-state index in [0.29, 0.717) is 34.7 Å². The van der Waals surface area contributed by atoms with Crippen LogP contribution < -0.4 is 4.74 Å². The maximum Gasteiger partial charge on any atom is 0.400 e. The molecule has 3 aromatic carbocycles. The molecule has 0 bridgehead atoms. The van der Waals surface area contributed by atoms with Gasteiger partial charge in [-0.05, 0) is 85.1 Å². The molecule has 0 N–H and O–H groups in total. The van der Waals surface area contributed by atoms with Gasteiger partial charge in [0.2, 0.25) is 0 Å². The van der Waals surface area contributed by atoms with E-state index in [1.54, 1.807) is 36.4 Å². The van der Waals surface area contributed by atoms with Crippen molar-refractivity contribution < 1.29 is 35.5 Å². The van der Waals surface area contributed by atoms with E-state index in [9.17, 15) is 26.3 Å². The summed E-state index contributed by atoms with van der Waals surface area (Å²) in [5.74, 6) is -7.03. The van der Waals surface area contributed by atoms with E-state index in [2.05, 4.69) is 11.7 Å². The second-order valence-corrected chi connectivity index (χ2v) is 11.8. The summed E-state index contributed by atoms with van der Waals surface area (Å²) >= 11 is 0. The van der Waals surface area contributed by atoms with Crippen molar-refractivity contribution in [3.05, 3.63) is 99.9 Å². The molecule has 0 atom stereocenters. The molecule has 2 saturated carbocycles. The molecule has 0 amide bonds. The largest absolute Gasteiger partial charge is 0.432 e. The van der Waals surface area contributed by atoms with Gasteiger partial charge >= 0.3 is 6.11 Å². The summed E-state index contributed by atoms with van der Waals surface area (Å²) in [5, 5.41) is 0. The number of alkyl halides is 2. The molecule has 0 heterocycles. The molecule has 3 aromatic rings. The molecule has 2 aliphatic rings. The van der Waals surface area contributed by atoms with E-state index in [4.69, 9.17) is 0 Å².